The molecule has 0 saturated heterocycles. The molecule has 0 aliphatic heterocycles. The SMILES string of the molecule is Cc1ccc(OCCNC(=O)c2cc(S(=O)(=O)NC3CC3)c(Cl)cc2Cl)cc1. The number of sulfonamides is 1. The highest BCUT2D eigenvalue weighted by atomic mass is 35.5. The molecule has 6 nitrogen and oxygen atoms in total. The maximum absolute atomic E-state index is 12.4. The van der Waals surface area contributed by atoms with E-state index < -0.39 is 15.9 Å². The van der Waals surface area contributed by atoms with Gasteiger partial charge in [-0.25, -0.2) is 13.1 Å². The molecular formula is C19H20Cl2N2O4S. The van der Waals surface area contributed by atoms with Crippen LogP contribution in [0.4, 0.5) is 0 Å². The Labute approximate surface area is 174 Å². The first-order valence-electron chi connectivity index (χ1n) is 8.75. The second-order valence-corrected chi connectivity index (χ2v) is 9.07. The fourth-order valence-corrected chi connectivity index (χ4v) is 4.62. The average Bonchev–Trinajstić information content (AvgIpc) is 3.43. The molecule has 28 heavy (non-hydrogen) atoms. The number of ether oxygens (including phenoxy) is 1. The molecular weight excluding hydrogens is 423 g/mol. The van der Waals surface area contributed by atoms with E-state index in [0.717, 1.165) is 18.4 Å². The molecule has 2 aromatic rings. The normalized spacial score (nSPS) is 14.0. The van der Waals surface area contributed by atoms with Gasteiger partial charge in [-0.3, -0.25) is 4.79 Å². The number of halogens is 2. The molecule has 0 heterocycles. The van der Waals surface area contributed by atoms with Crippen molar-refractivity contribution in [1.29, 1.82) is 0 Å². The minimum absolute atomic E-state index is 0.0302. The van der Waals surface area contributed by atoms with Crippen LogP contribution >= 0.6 is 23.2 Å². The standard InChI is InChI=1S/C19H20Cl2N2O4S/c1-12-2-6-14(7-3-12)27-9-8-22-19(24)15-10-18(17(21)11-16(15)20)28(25,26)23-13-4-5-13/h2-3,6-7,10-11,13,23H,4-5,8-9H2,1H3,(H,22,24). The van der Waals surface area contributed by atoms with Crippen LogP contribution in [0.25, 0.3) is 0 Å². The predicted octanol–water partition coefficient (Wildman–Crippen LogP) is 3.55. The Morgan fingerprint density at radius 2 is 1.82 bits per heavy atom. The molecule has 1 aliphatic carbocycles. The van der Waals surface area contributed by atoms with Crippen LogP contribution in [-0.2, 0) is 10.0 Å². The van der Waals surface area contributed by atoms with Gasteiger partial charge in [0, 0.05) is 6.04 Å². The van der Waals surface area contributed by atoms with E-state index in [0.29, 0.717) is 5.75 Å². The van der Waals surface area contributed by atoms with Crippen molar-refractivity contribution in [2.75, 3.05) is 13.2 Å². The lowest BCUT2D eigenvalue weighted by Crippen LogP contribution is -2.29. The first-order valence-corrected chi connectivity index (χ1v) is 11.0. The summed E-state index contributed by atoms with van der Waals surface area (Å²) >= 11 is 12.1. The summed E-state index contributed by atoms with van der Waals surface area (Å²) in [6, 6.07) is 9.94. The first kappa shape index (κ1) is 20.9. The number of amides is 1. The highest BCUT2D eigenvalue weighted by Gasteiger charge is 2.30. The molecule has 0 atom stereocenters. The van der Waals surface area contributed by atoms with Gasteiger partial charge in [0.05, 0.1) is 22.2 Å². The highest BCUT2D eigenvalue weighted by Crippen LogP contribution is 2.30. The third kappa shape index (κ3) is 5.38. The van der Waals surface area contributed by atoms with Gasteiger partial charge in [0.25, 0.3) is 5.91 Å². The summed E-state index contributed by atoms with van der Waals surface area (Å²) in [6.45, 7) is 2.47. The van der Waals surface area contributed by atoms with Gasteiger partial charge in [-0.2, -0.15) is 0 Å². The van der Waals surface area contributed by atoms with Gasteiger partial charge in [0.2, 0.25) is 10.0 Å². The highest BCUT2D eigenvalue weighted by molar-refractivity contribution is 7.89. The van der Waals surface area contributed by atoms with E-state index in [4.69, 9.17) is 27.9 Å². The number of nitrogens with one attached hydrogen (secondary N) is 2. The summed E-state index contributed by atoms with van der Waals surface area (Å²) in [5, 5.41) is 2.71. The molecule has 0 unspecified atom stereocenters. The molecule has 3 rings (SSSR count). The van der Waals surface area contributed by atoms with E-state index in [2.05, 4.69) is 10.0 Å². The smallest absolute Gasteiger partial charge is 0.252 e. The molecule has 0 spiro atoms. The zero-order chi connectivity index (χ0) is 20.3. The number of benzene rings is 2. The molecule has 0 bridgehead atoms. The largest absolute Gasteiger partial charge is 0.492 e. The van der Waals surface area contributed by atoms with Crippen molar-refractivity contribution in [3.63, 3.8) is 0 Å². The van der Waals surface area contributed by atoms with Crippen molar-refractivity contribution in [2.45, 2.75) is 30.7 Å². The van der Waals surface area contributed by atoms with Gasteiger partial charge in [0.1, 0.15) is 17.3 Å². The number of hydrogen-bond acceptors (Lipinski definition) is 4. The van der Waals surface area contributed by atoms with E-state index in [1.807, 2.05) is 31.2 Å². The third-order valence-corrected chi connectivity index (χ3v) is 6.43. The van der Waals surface area contributed by atoms with Crippen LogP contribution < -0.4 is 14.8 Å². The van der Waals surface area contributed by atoms with Crippen molar-refractivity contribution < 1.29 is 17.9 Å². The lowest BCUT2D eigenvalue weighted by atomic mass is 10.2. The molecule has 1 fully saturated rings. The van der Waals surface area contributed by atoms with Crippen molar-refractivity contribution in [3.05, 3.63) is 57.6 Å². The maximum Gasteiger partial charge on any atom is 0.252 e. The number of carbonyl (C=O) groups excluding carboxylic acids is 1. The fraction of sp³-hybridized carbons (Fsp3) is 0.316. The predicted molar refractivity (Wildman–Crippen MR) is 109 cm³/mol. The molecule has 1 aliphatic rings. The fourth-order valence-electron chi connectivity index (χ4n) is 2.46. The minimum atomic E-state index is -3.81. The molecule has 2 aromatic carbocycles. The van der Waals surface area contributed by atoms with Gasteiger partial charge in [-0.1, -0.05) is 40.9 Å². The van der Waals surface area contributed by atoms with Crippen molar-refractivity contribution >= 4 is 39.1 Å². The Hall–Kier alpha value is -1.80. The Morgan fingerprint density at radius 3 is 2.46 bits per heavy atom. The van der Waals surface area contributed by atoms with Crippen LogP contribution in [0.15, 0.2) is 41.3 Å². The summed E-state index contributed by atoms with van der Waals surface area (Å²) in [5.41, 5.74) is 1.16. The van der Waals surface area contributed by atoms with E-state index in [1.165, 1.54) is 12.1 Å². The monoisotopic (exact) mass is 442 g/mol. The Kier molecular flexibility index (Phi) is 6.50. The lowest BCUT2D eigenvalue weighted by Gasteiger charge is -2.12. The van der Waals surface area contributed by atoms with Crippen LogP contribution in [0, 0.1) is 6.92 Å². The lowest BCUT2D eigenvalue weighted by molar-refractivity contribution is 0.0947. The maximum atomic E-state index is 12.4. The number of hydrogen-bond donors (Lipinski definition) is 2. The van der Waals surface area contributed by atoms with Gasteiger partial charge in [-0.05, 0) is 44.0 Å². The third-order valence-electron chi connectivity index (χ3n) is 4.13. The average molecular weight is 443 g/mol. The number of carbonyl (C=O) groups is 1. The molecule has 0 radical (unpaired) electrons. The van der Waals surface area contributed by atoms with Gasteiger partial charge < -0.3 is 10.1 Å². The van der Waals surface area contributed by atoms with Gasteiger partial charge >= 0.3 is 0 Å². The zero-order valence-corrected chi connectivity index (χ0v) is 17.5. The van der Waals surface area contributed by atoms with Crippen LogP contribution in [-0.4, -0.2) is 33.5 Å². The van der Waals surface area contributed by atoms with Crippen LogP contribution in [0.5, 0.6) is 5.75 Å². The van der Waals surface area contributed by atoms with E-state index in [-0.39, 0.29) is 39.7 Å². The Bertz CT molecular complexity index is 974. The Balaban J connectivity index is 1.64. The summed E-state index contributed by atoms with van der Waals surface area (Å²) in [4.78, 5) is 12.3. The summed E-state index contributed by atoms with van der Waals surface area (Å²) in [7, 11) is -3.81. The summed E-state index contributed by atoms with van der Waals surface area (Å²) < 4.78 is 33.0. The second-order valence-electron chi connectivity index (χ2n) is 6.58. The summed E-state index contributed by atoms with van der Waals surface area (Å²) in [6.07, 6.45) is 1.58. The molecule has 1 saturated carbocycles. The number of rotatable bonds is 8. The van der Waals surface area contributed by atoms with Gasteiger partial charge in [0.15, 0.2) is 0 Å². The first-order chi connectivity index (χ1) is 13.3. The minimum Gasteiger partial charge on any atom is -0.492 e. The molecule has 150 valence electrons. The number of aryl methyl sites for hydroxylation is 1. The zero-order valence-electron chi connectivity index (χ0n) is 15.2. The second kappa shape index (κ2) is 8.69. The van der Waals surface area contributed by atoms with Crippen LogP contribution in [0.2, 0.25) is 10.0 Å². The van der Waals surface area contributed by atoms with Gasteiger partial charge in [-0.15, -0.1) is 0 Å². The Morgan fingerprint density at radius 1 is 1.14 bits per heavy atom. The van der Waals surface area contributed by atoms with E-state index >= 15 is 0 Å². The van der Waals surface area contributed by atoms with Crippen molar-refractivity contribution in [1.82, 2.24) is 10.0 Å². The van der Waals surface area contributed by atoms with Crippen molar-refractivity contribution in [2.24, 2.45) is 0 Å². The molecule has 1 amide bonds. The molecule has 2 N–H and O–H groups in total. The van der Waals surface area contributed by atoms with Crippen LogP contribution in [0.3, 0.4) is 0 Å². The van der Waals surface area contributed by atoms with E-state index in [1.54, 1.807) is 0 Å². The molecule has 9 heteroatoms. The quantitative estimate of drug-likeness (QED) is 0.612. The van der Waals surface area contributed by atoms with E-state index in [9.17, 15) is 13.2 Å². The molecule has 0 aromatic heterocycles. The topological polar surface area (TPSA) is 84.5 Å². The summed E-state index contributed by atoms with van der Waals surface area (Å²) in [5.74, 6) is 0.195. The van der Waals surface area contributed by atoms with Crippen molar-refractivity contribution in [3.8, 4) is 5.75 Å². The van der Waals surface area contributed by atoms with Crippen LogP contribution in [0.1, 0.15) is 28.8 Å².